The highest BCUT2D eigenvalue weighted by Crippen LogP contribution is 2.31. The molecule has 16 heavy (non-hydrogen) atoms. The molecule has 0 radical (unpaired) electrons. The van der Waals surface area contributed by atoms with Gasteiger partial charge in [0.1, 0.15) is 0 Å². The van der Waals surface area contributed by atoms with E-state index in [1.807, 2.05) is 13.8 Å². The third-order valence-electron chi connectivity index (χ3n) is 3.88. The Balaban J connectivity index is 0.000000606. The van der Waals surface area contributed by atoms with E-state index in [9.17, 15) is 0 Å². The van der Waals surface area contributed by atoms with Gasteiger partial charge in [0.25, 0.3) is 0 Å². The summed E-state index contributed by atoms with van der Waals surface area (Å²) in [4.78, 5) is 2.61. The van der Waals surface area contributed by atoms with Gasteiger partial charge < -0.3 is 4.90 Å². The van der Waals surface area contributed by atoms with Crippen LogP contribution < -0.4 is 0 Å². The molecule has 0 spiro atoms. The molecule has 94 valence electrons. The number of nitrogens with zero attached hydrogens (tertiary/aromatic N) is 1. The van der Waals surface area contributed by atoms with Gasteiger partial charge in [0.2, 0.25) is 0 Å². The number of allylic oxidation sites excluding steroid dienone is 2. The lowest BCUT2D eigenvalue weighted by molar-refractivity contribution is 0.311. The van der Waals surface area contributed by atoms with E-state index in [4.69, 9.17) is 0 Å². The first-order valence-corrected chi connectivity index (χ1v) is 7.21. The first-order valence-electron chi connectivity index (χ1n) is 7.21. The maximum Gasteiger partial charge on any atom is 0.0175 e. The van der Waals surface area contributed by atoms with Crippen molar-refractivity contribution >= 4 is 0 Å². The fourth-order valence-electron chi connectivity index (χ4n) is 2.74. The zero-order chi connectivity index (χ0) is 12.0. The molecule has 2 rings (SSSR count). The molecule has 1 saturated heterocycles. The molecule has 0 aromatic rings. The van der Waals surface area contributed by atoms with Gasteiger partial charge in [-0.1, -0.05) is 33.8 Å². The number of likely N-dealkylation sites (tertiary alicyclic amines) is 1. The maximum absolute atomic E-state index is 2.61. The molecule has 2 aliphatic rings. The number of hydrogen-bond acceptors (Lipinski definition) is 1. The summed E-state index contributed by atoms with van der Waals surface area (Å²) < 4.78 is 0. The second kappa shape index (κ2) is 6.98. The van der Waals surface area contributed by atoms with Crippen LogP contribution in [0.2, 0.25) is 0 Å². The Labute approximate surface area is 102 Å². The van der Waals surface area contributed by atoms with E-state index in [2.05, 4.69) is 24.8 Å². The lowest BCUT2D eigenvalue weighted by atomic mass is 9.84. The Hall–Kier alpha value is -0.460. The first-order chi connectivity index (χ1) is 7.77. The van der Waals surface area contributed by atoms with Crippen LogP contribution in [0.4, 0.5) is 0 Å². The molecule has 1 fully saturated rings. The van der Waals surface area contributed by atoms with Crippen molar-refractivity contribution in [3.05, 3.63) is 11.8 Å². The largest absolute Gasteiger partial charge is 0.375 e. The Kier molecular flexibility index (Phi) is 5.94. The van der Waals surface area contributed by atoms with Gasteiger partial charge in [-0.3, -0.25) is 0 Å². The highest BCUT2D eigenvalue weighted by molar-refractivity contribution is 5.07. The summed E-state index contributed by atoms with van der Waals surface area (Å²) in [6, 6.07) is 0. The van der Waals surface area contributed by atoms with Crippen molar-refractivity contribution in [3.63, 3.8) is 0 Å². The Morgan fingerprint density at radius 2 is 1.81 bits per heavy atom. The normalized spacial score (nSPS) is 25.2. The van der Waals surface area contributed by atoms with E-state index < -0.39 is 0 Å². The zero-order valence-electron chi connectivity index (χ0n) is 11.6. The van der Waals surface area contributed by atoms with Crippen LogP contribution in [0, 0.1) is 11.8 Å². The van der Waals surface area contributed by atoms with E-state index in [0.29, 0.717) is 0 Å². The van der Waals surface area contributed by atoms with Crippen LogP contribution in [0.25, 0.3) is 0 Å². The lowest BCUT2D eigenvalue weighted by Gasteiger charge is -2.30. The molecule has 0 N–H and O–H groups in total. The van der Waals surface area contributed by atoms with Crippen molar-refractivity contribution in [2.24, 2.45) is 11.8 Å². The van der Waals surface area contributed by atoms with E-state index in [1.54, 1.807) is 5.70 Å². The van der Waals surface area contributed by atoms with Crippen molar-refractivity contribution in [3.8, 4) is 0 Å². The van der Waals surface area contributed by atoms with E-state index in [1.165, 1.54) is 45.2 Å². The summed E-state index contributed by atoms with van der Waals surface area (Å²) in [5.74, 6) is 1.81. The smallest absolute Gasteiger partial charge is 0.0175 e. The summed E-state index contributed by atoms with van der Waals surface area (Å²) in [6.07, 6.45) is 9.40. The monoisotopic (exact) mass is 223 g/mol. The summed E-state index contributed by atoms with van der Waals surface area (Å²) in [7, 11) is 0. The van der Waals surface area contributed by atoms with Crippen LogP contribution in [-0.4, -0.2) is 18.0 Å². The average molecular weight is 223 g/mol. The molecule has 1 atom stereocenters. The second-order valence-corrected chi connectivity index (χ2v) is 5.17. The zero-order valence-corrected chi connectivity index (χ0v) is 11.6. The summed E-state index contributed by atoms with van der Waals surface area (Å²) in [5.41, 5.74) is 1.65. The number of hydrogen-bond donors (Lipinski definition) is 0. The van der Waals surface area contributed by atoms with Crippen molar-refractivity contribution in [1.29, 1.82) is 0 Å². The molecule has 1 aliphatic heterocycles. The number of rotatable bonds is 2. The molecular formula is C15H29N. The lowest BCUT2D eigenvalue weighted by Crippen LogP contribution is -2.23. The summed E-state index contributed by atoms with van der Waals surface area (Å²) in [5, 5.41) is 0. The van der Waals surface area contributed by atoms with Crippen LogP contribution in [0.1, 0.15) is 59.8 Å². The van der Waals surface area contributed by atoms with Gasteiger partial charge in [0, 0.05) is 18.8 Å². The second-order valence-electron chi connectivity index (χ2n) is 5.17. The van der Waals surface area contributed by atoms with E-state index >= 15 is 0 Å². The molecule has 0 aromatic heterocycles. The molecular weight excluding hydrogens is 194 g/mol. The minimum Gasteiger partial charge on any atom is -0.375 e. The summed E-state index contributed by atoms with van der Waals surface area (Å²) >= 11 is 0. The van der Waals surface area contributed by atoms with Gasteiger partial charge >= 0.3 is 0 Å². The van der Waals surface area contributed by atoms with Gasteiger partial charge in [-0.25, -0.2) is 0 Å². The quantitative estimate of drug-likeness (QED) is 0.668. The van der Waals surface area contributed by atoms with Gasteiger partial charge in [-0.15, -0.1) is 0 Å². The Bertz CT molecular complexity index is 211. The van der Waals surface area contributed by atoms with Crippen molar-refractivity contribution in [2.45, 2.75) is 59.8 Å². The first kappa shape index (κ1) is 13.6. The molecule has 0 aromatic carbocycles. The third-order valence-corrected chi connectivity index (χ3v) is 3.88. The molecule has 1 aliphatic carbocycles. The van der Waals surface area contributed by atoms with Crippen molar-refractivity contribution in [1.82, 2.24) is 4.90 Å². The van der Waals surface area contributed by atoms with Crippen LogP contribution in [-0.2, 0) is 0 Å². The molecule has 1 heterocycles. The molecule has 0 bridgehead atoms. The molecule has 1 heteroatoms. The summed E-state index contributed by atoms with van der Waals surface area (Å²) in [6.45, 7) is 11.4. The van der Waals surface area contributed by atoms with Crippen LogP contribution in [0.3, 0.4) is 0 Å². The van der Waals surface area contributed by atoms with E-state index in [-0.39, 0.29) is 0 Å². The molecule has 1 nitrogen and oxygen atoms in total. The minimum atomic E-state index is 0.867. The fourth-order valence-corrected chi connectivity index (χ4v) is 2.74. The standard InChI is InChI=1S/C13H23N.C2H6/c1-11(2)12-5-7-13(8-6-12)14-9-3-4-10-14;1-2/h7,11-12H,3-6,8-10H2,1-2H3;1-2H3. The van der Waals surface area contributed by atoms with Crippen molar-refractivity contribution in [2.75, 3.05) is 13.1 Å². The fraction of sp³-hybridized carbons (Fsp3) is 0.867. The van der Waals surface area contributed by atoms with Crippen LogP contribution in [0.5, 0.6) is 0 Å². The van der Waals surface area contributed by atoms with E-state index in [0.717, 1.165) is 11.8 Å². The van der Waals surface area contributed by atoms with Gasteiger partial charge in [0.05, 0.1) is 0 Å². The predicted molar refractivity (Wildman–Crippen MR) is 72.4 cm³/mol. The van der Waals surface area contributed by atoms with Gasteiger partial charge in [0.15, 0.2) is 0 Å². The maximum atomic E-state index is 2.61. The van der Waals surface area contributed by atoms with Crippen molar-refractivity contribution < 1.29 is 0 Å². The predicted octanol–water partition coefficient (Wildman–Crippen LogP) is 4.45. The minimum absolute atomic E-state index is 0.867. The molecule has 0 saturated carbocycles. The topological polar surface area (TPSA) is 3.24 Å². The highest BCUT2D eigenvalue weighted by Gasteiger charge is 2.21. The van der Waals surface area contributed by atoms with Gasteiger partial charge in [-0.2, -0.15) is 0 Å². The van der Waals surface area contributed by atoms with Crippen LogP contribution in [0.15, 0.2) is 11.8 Å². The SMILES string of the molecule is CC.CC(C)C1CC=C(N2CCCC2)CC1. The molecule has 0 amide bonds. The Morgan fingerprint density at radius 1 is 1.19 bits per heavy atom. The Morgan fingerprint density at radius 3 is 2.25 bits per heavy atom. The molecule has 1 unspecified atom stereocenters. The average Bonchev–Trinajstić information content (AvgIpc) is 2.85. The third kappa shape index (κ3) is 3.54. The van der Waals surface area contributed by atoms with Gasteiger partial charge in [-0.05, 0) is 43.9 Å². The highest BCUT2D eigenvalue weighted by atomic mass is 15.1. The van der Waals surface area contributed by atoms with Crippen LogP contribution >= 0.6 is 0 Å².